The summed E-state index contributed by atoms with van der Waals surface area (Å²) >= 11 is 6.24. The third-order valence-electron chi connectivity index (χ3n) is 6.96. The van der Waals surface area contributed by atoms with Gasteiger partial charge in [0.05, 0.1) is 16.3 Å². The first-order valence-electron chi connectivity index (χ1n) is 12.9. The van der Waals surface area contributed by atoms with Crippen LogP contribution in [0.1, 0.15) is 60.3 Å². The summed E-state index contributed by atoms with van der Waals surface area (Å²) in [6, 6.07) is 4.80. The number of esters is 1. The Morgan fingerprint density at radius 3 is 2.43 bits per heavy atom. The van der Waals surface area contributed by atoms with Gasteiger partial charge in [-0.25, -0.2) is 23.4 Å². The molecule has 4 rings (SSSR count). The number of benzene rings is 1. The zero-order valence-corrected chi connectivity index (χ0v) is 23.0. The topological polar surface area (TPSA) is 111 Å². The smallest absolute Gasteiger partial charge is 0.485 e. The largest absolute Gasteiger partial charge is 0.491 e. The van der Waals surface area contributed by atoms with E-state index >= 15 is 0 Å². The first-order chi connectivity index (χ1) is 19.8. The molecule has 1 aliphatic carbocycles. The number of carbonyl (C=O) groups excluding carboxylic acids is 3. The van der Waals surface area contributed by atoms with E-state index in [0.29, 0.717) is 25.7 Å². The van der Waals surface area contributed by atoms with Crippen LogP contribution in [0.5, 0.6) is 5.75 Å². The van der Waals surface area contributed by atoms with E-state index in [1.807, 2.05) is 0 Å². The third-order valence-corrected chi connectivity index (χ3v) is 7.17. The molecule has 226 valence electrons. The molecule has 15 heteroatoms. The predicted octanol–water partition coefficient (Wildman–Crippen LogP) is 5.79. The second-order valence-electron chi connectivity index (χ2n) is 9.90. The van der Waals surface area contributed by atoms with Crippen molar-refractivity contribution in [2.75, 3.05) is 6.54 Å². The van der Waals surface area contributed by atoms with Gasteiger partial charge in [0.2, 0.25) is 0 Å². The number of pyridine rings is 1. The van der Waals surface area contributed by atoms with E-state index < -0.39 is 47.9 Å². The van der Waals surface area contributed by atoms with Gasteiger partial charge in [-0.05, 0) is 38.3 Å². The van der Waals surface area contributed by atoms with E-state index in [0.717, 1.165) is 18.6 Å². The summed E-state index contributed by atoms with van der Waals surface area (Å²) in [6.07, 6.45) is -2.26. The van der Waals surface area contributed by atoms with Crippen molar-refractivity contribution < 1.29 is 45.8 Å². The number of fused-ring (bicyclic) bond motifs is 1. The van der Waals surface area contributed by atoms with Crippen LogP contribution in [0.2, 0.25) is 5.02 Å². The molecule has 0 saturated heterocycles. The van der Waals surface area contributed by atoms with Gasteiger partial charge in [0.25, 0.3) is 5.91 Å². The quantitative estimate of drug-likeness (QED) is 0.188. The molecule has 2 heterocycles. The molecule has 2 amide bonds. The van der Waals surface area contributed by atoms with Crippen molar-refractivity contribution in [2.45, 2.75) is 63.8 Å². The van der Waals surface area contributed by atoms with E-state index in [9.17, 15) is 36.3 Å². The van der Waals surface area contributed by atoms with Gasteiger partial charge in [-0.1, -0.05) is 36.9 Å². The Morgan fingerprint density at radius 1 is 1.12 bits per heavy atom. The fourth-order valence-corrected chi connectivity index (χ4v) is 5.14. The lowest BCUT2D eigenvalue weighted by molar-refractivity contribution is -0.193. The van der Waals surface area contributed by atoms with Gasteiger partial charge in [-0.2, -0.15) is 13.2 Å². The van der Waals surface area contributed by atoms with Gasteiger partial charge in [0, 0.05) is 24.3 Å². The molecule has 0 radical (unpaired) electrons. The van der Waals surface area contributed by atoms with Crippen LogP contribution in [0.3, 0.4) is 0 Å². The number of aryl methyl sites for hydroxylation is 1. The van der Waals surface area contributed by atoms with E-state index in [4.69, 9.17) is 16.3 Å². The summed E-state index contributed by atoms with van der Waals surface area (Å²) in [7, 11) is 0. The van der Waals surface area contributed by atoms with Crippen LogP contribution in [0, 0.1) is 18.6 Å². The van der Waals surface area contributed by atoms with E-state index in [-0.39, 0.29) is 46.3 Å². The molecule has 1 aliphatic rings. The number of nitrogens with one attached hydrogen (secondary N) is 2. The predicted molar refractivity (Wildman–Crippen MR) is 139 cm³/mol. The van der Waals surface area contributed by atoms with E-state index in [2.05, 4.69) is 20.4 Å². The fraction of sp³-hybridized carbons (Fsp3) is 0.407. The number of hydrogen-bond donors (Lipinski definition) is 2. The van der Waals surface area contributed by atoms with Gasteiger partial charge >= 0.3 is 18.2 Å². The van der Waals surface area contributed by atoms with Gasteiger partial charge in [0.15, 0.2) is 11.4 Å². The van der Waals surface area contributed by atoms with Crippen LogP contribution in [-0.4, -0.2) is 45.6 Å². The number of halogens is 6. The van der Waals surface area contributed by atoms with Gasteiger partial charge in [-0.15, -0.1) is 0 Å². The summed E-state index contributed by atoms with van der Waals surface area (Å²) in [5, 5.41) is 5.26. The normalized spacial score (nSPS) is 14.8. The Labute approximate surface area is 241 Å². The number of hydrogen-bond acceptors (Lipinski definition) is 6. The lowest BCUT2D eigenvalue weighted by atomic mass is 9.79. The Bertz CT molecular complexity index is 1480. The van der Waals surface area contributed by atoms with Crippen molar-refractivity contribution in [3.05, 3.63) is 64.1 Å². The lowest BCUT2D eigenvalue weighted by Gasteiger charge is -2.37. The standard InChI is InChI=1S/C27H26ClF5N4O5/c1-15-21(37-13-16(28)12-20(22(37)35-15)41-14-17-18(29)6-5-7-19(17)30)23(38)34-11-10-26(8-3-2-4-9-26)36-25(40)42-24(39)27(31,32)33/h5-7,12-13H,2-4,8-11,14H2,1H3,(H,34,38)(H,36,40). The second kappa shape index (κ2) is 12.5. The molecule has 0 bridgehead atoms. The fourth-order valence-electron chi connectivity index (χ4n) is 4.95. The van der Waals surface area contributed by atoms with Crippen LogP contribution < -0.4 is 15.4 Å². The number of alkyl carbamates (subject to hydrolysis) is 1. The first kappa shape index (κ1) is 31.0. The molecule has 3 aromatic rings. The van der Waals surface area contributed by atoms with Crippen molar-refractivity contribution in [1.29, 1.82) is 0 Å². The molecule has 0 atom stereocenters. The molecular weight excluding hydrogens is 591 g/mol. The van der Waals surface area contributed by atoms with Crippen molar-refractivity contribution in [3.63, 3.8) is 0 Å². The maximum Gasteiger partial charge on any atom is 0.491 e. The number of amides is 2. The maximum absolute atomic E-state index is 14.1. The molecule has 1 fully saturated rings. The molecule has 0 aliphatic heterocycles. The number of rotatable bonds is 8. The zero-order chi connectivity index (χ0) is 30.7. The van der Waals surface area contributed by atoms with Crippen molar-refractivity contribution in [1.82, 2.24) is 20.0 Å². The highest BCUT2D eigenvalue weighted by Crippen LogP contribution is 2.32. The highest BCUT2D eigenvalue weighted by atomic mass is 35.5. The van der Waals surface area contributed by atoms with Crippen LogP contribution in [-0.2, 0) is 16.1 Å². The van der Waals surface area contributed by atoms with Crippen molar-refractivity contribution in [3.8, 4) is 5.75 Å². The average molecular weight is 617 g/mol. The van der Waals surface area contributed by atoms with Crippen LogP contribution in [0.15, 0.2) is 30.5 Å². The Balaban J connectivity index is 1.47. The number of alkyl halides is 3. The van der Waals surface area contributed by atoms with Gasteiger partial charge in [-0.3, -0.25) is 9.20 Å². The zero-order valence-electron chi connectivity index (χ0n) is 22.2. The highest BCUT2D eigenvalue weighted by molar-refractivity contribution is 6.30. The minimum Gasteiger partial charge on any atom is -0.485 e. The minimum atomic E-state index is -5.32. The number of carbonyl (C=O) groups is 3. The number of imidazole rings is 1. The monoisotopic (exact) mass is 616 g/mol. The maximum atomic E-state index is 14.1. The third kappa shape index (κ3) is 7.09. The van der Waals surface area contributed by atoms with Gasteiger partial charge < -0.3 is 20.1 Å². The van der Waals surface area contributed by atoms with Crippen molar-refractivity contribution in [2.24, 2.45) is 0 Å². The van der Waals surface area contributed by atoms with Crippen LogP contribution in [0.25, 0.3) is 5.65 Å². The van der Waals surface area contributed by atoms with Crippen molar-refractivity contribution >= 4 is 35.2 Å². The van der Waals surface area contributed by atoms with Crippen LogP contribution in [0.4, 0.5) is 26.7 Å². The molecule has 42 heavy (non-hydrogen) atoms. The molecule has 2 aromatic heterocycles. The molecule has 0 unspecified atom stereocenters. The lowest BCUT2D eigenvalue weighted by Crippen LogP contribution is -2.52. The Morgan fingerprint density at radius 2 is 1.79 bits per heavy atom. The number of nitrogens with zero attached hydrogens (tertiary/aromatic N) is 2. The highest BCUT2D eigenvalue weighted by Gasteiger charge is 2.43. The van der Waals surface area contributed by atoms with E-state index in [1.165, 1.54) is 22.7 Å². The summed E-state index contributed by atoms with van der Waals surface area (Å²) in [5.74, 6) is -4.71. The summed E-state index contributed by atoms with van der Waals surface area (Å²) in [4.78, 5) is 40.7. The molecular formula is C27H26ClF5N4O5. The minimum absolute atomic E-state index is 0.00941. The van der Waals surface area contributed by atoms with E-state index in [1.54, 1.807) is 6.92 Å². The van der Waals surface area contributed by atoms with Crippen LogP contribution >= 0.6 is 11.6 Å². The number of ether oxygens (including phenoxy) is 2. The molecule has 2 N–H and O–H groups in total. The molecule has 9 nitrogen and oxygen atoms in total. The summed E-state index contributed by atoms with van der Waals surface area (Å²) in [6.45, 7) is 1.11. The molecule has 1 saturated carbocycles. The first-order valence-corrected chi connectivity index (χ1v) is 13.3. The Hall–Kier alpha value is -3.94. The summed E-state index contributed by atoms with van der Waals surface area (Å²) in [5.41, 5.74) is -0.739. The van der Waals surface area contributed by atoms with Gasteiger partial charge in [0.1, 0.15) is 23.9 Å². The average Bonchev–Trinajstić information content (AvgIpc) is 3.23. The second-order valence-corrected chi connectivity index (χ2v) is 10.3. The molecule has 0 spiro atoms. The number of aromatic nitrogens is 2. The summed E-state index contributed by atoms with van der Waals surface area (Å²) < 4.78 is 76.5. The Kier molecular flexibility index (Phi) is 9.24. The molecule has 1 aromatic carbocycles. The SMILES string of the molecule is Cc1nc2c(OCc3c(F)cccc3F)cc(Cl)cn2c1C(=O)NCCC1(NC(=O)OC(=O)C(F)(F)F)CCCCC1.